The van der Waals surface area contributed by atoms with Crippen molar-refractivity contribution in [2.75, 3.05) is 0 Å². The van der Waals surface area contributed by atoms with Gasteiger partial charge in [0.1, 0.15) is 5.69 Å². The topological polar surface area (TPSA) is 75.4 Å². The van der Waals surface area contributed by atoms with Crippen molar-refractivity contribution in [2.45, 2.75) is 58.2 Å². The van der Waals surface area contributed by atoms with E-state index in [1.165, 1.54) is 0 Å². The van der Waals surface area contributed by atoms with Gasteiger partial charge in [-0.15, -0.1) is 0 Å². The number of hydrogen-bond acceptors (Lipinski definition) is 3. The standard InChI is InChI=1S/C15H21N3O3/c1-3-9-7-13(17(4-2)16-9)14(19)18-10-5-6-12(18)11(8-10)15(20)21/h7,10-12H,3-6,8H2,1-2H3,(H,20,21). The highest BCUT2D eigenvalue weighted by Gasteiger charge is 2.51. The number of aryl methyl sites for hydroxylation is 2. The molecule has 0 radical (unpaired) electrons. The van der Waals surface area contributed by atoms with Crippen LogP contribution in [0.15, 0.2) is 6.07 Å². The molecule has 3 rings (SSSR count). The van der Waals surface area contributed by atoms with Crippen molar-refractivity contribution in [1.82, 2.24) is 14.7 Å². The summed E-state index contributed by atoms with van der Waals surface area (Å²) in [6, 6.07) is 1.78. The predicted octanol–water partition coefficient (Wildman–Crippen LogP) is 1.54. The van der Waals surface area contributed by atoms with Crippen molar-refractivity contribution in [3.8, 4) is 0 Å². The molecule has 1 N–H and O–H groups in total. The molecule has 3 unspecified atom stereocenters. The first kappa shape index (κ1) is 14.1. The Balaban J connectivity index is 1.89. The summed E-state index contributed by atoms with van der Waals surface area (Å²) < 4.78 is 1.73. The van der Waals surface area contributed by atoms with E-state index < -0.39 is 11.9 Å². The molecule has 2 fully saturated rings. The van der Waals surface area contributed by atoms with Crippen LogP contribution in [-0.4, -0.2) is 43.7 Å². The molecule has 2 saturated heterocycles. The van der Waals surface area contributed by atoms with Gasteiger partial charge in [-0.05, 0) is 38.7 Å². The average molecular weight is 291 g/mol. The molecule has 0 aromatic carbocycles. The van der Waals surface area contributed by atoms with Crippen LogP contribution in [0.4, 0.5) is 0 Å². The van der Waals surface area contributed by atoms with Crippen molar-refractivity contribution in [2.24, 2.45) is 5.92 Å². The summed E-state index contributed by atoms with van der Waals surface area (Å²) >= 11 is 0. The number of carboxylic acids is 1. The van der Waals surface area contributed by atoms with E-state index in [9.17, 15) is 14.7 Å². The van der Waals surface area contributed by atoms with Gasteiger partial charge in [-0.25, -0.2) is 0 Å². The molecule has 114 valence electrons. The number of amides is 1. The maximum Gasteiger partial charge on any atom is 0.308 e. The number of carboxylic acid groups (broad SMARTS) is 1. The maximum absolute atomic E-state index is 12.9. The second-order valence-electron chi connectivity index (χ2n) is 5.88. The summed E-state index contributed by atoms with van der Waals surface area (Å²) in [5.41, 5.74) is 1.50. The lowest BCUT2D eigenvalue weighted by Crippen LogP contribution is -2.38. The summed E-state index contributed by atoms with van der Waals surface area (Å²) in [5.74, 6) is -1.24. The van der Waals surface area contributed by atoms with E-state index in [0.29, 0.717) is 18.7 Å². The van der Waals surface area contributed by atoms with E-state index in [1.54, 1.807) is 9.58 Å². The Hall–Kier alpha value is -1.85. The van der Waals surface area contributed by atoms with Gasteiger partial charge < -0.3 is 10.0 Å². The Morgan fingerprint density at radius 3 is 2.71 bits per heavy atom. The van der Waals surface area contributed by atoms with E-state index >= 15 is 0 Å². The fourth-order valence-corrected chi connectivity index (χ4v) is 3.76. The van der Waals surface area contributed by atoms with Crippen LogP contribution < -0.4 is 0 Å². The summed E-state index contributed by atoms with van der Waals surface area (Å²) in [5, 5.41) is 13.7. The van der Waals surface area contributed by atoms with Crippen LogP contribution in [-0.2, 0) is 17.8 Å². The van der Waals surface area contributed by atoms with Gasteiger partial charge in [-0.2, -0.15) is 5.10 Å². The van der Waals surface area contributed by atoms with Crippen LogP contribution in [0.1, 0.15) is 49.3 Å². The zero-order valence-corrected chi connectivity index (χ0v) is 12.5. The summed E-state index contributed by atoms with van der Waals surface area (Å²) in [7, 11) is 0. The van der Waals surface area contributed by atoms with Crippen LogP contribution in [0.25, 0.3) is 0 Å². The average Bonchev–Trinajstić information content (AvgIpc) is 3.17. The van der Waals surface area contributed by atoms with Gasteiger partial charge in [-0.1, -0.05) is 6.92 Å². The van der Waals surface area contributed by atoms with Crippen LogP contribution in [0.5, 0.6) is 0 Å². The van der Waals surface area contributed by atoms with Gasteiger partial charge in [0.15, 0.2) is 0 Å². The van der Waals surface area contributed by atoms with Crippen molar-refractivity contribution in [3.05, 3.63) is 17.5 Å². The zero-order valence-electron chi connectivity index (χ0n) is 12.5. The third kappa shape index (κ3) is 2.13. The second-order valence-corrected chi connectivity index (χ2v) is 5.88. The molecule has 1 aromatic rings. The van der Waals surface area contributed by atoms with E-state index in [-0.39, 0.29) is 18.0 Å². The van der Waals surface area contributed by atoms with Gasteiger partial charge >= 0.3 is 5.97 Å². The van der Waals surface area contributed by atoms with Crippen LogP contribution >= 0.6 is 0 Å². The second kappa shape index (κ2) is 5.16. The lowest BCUT2D eigenvalue weighted by Gasteiger charge is -2.23. The fraction of sp³-hybridized carbons (Fsp3) is 0.667. The smallest absolute Gasteiger partial charge is 0.308 e. The molecule has 3 heterocycles. The highest BCUT2D eigenvalue weighted by molar-refractivity contribution is 5.94. The summed E-state index contributed by atoms with van der Waals surface area (Å²) in [6.45, 7) is 4.62. The summed E-state index contributed by atoms with van der Waals surface area (Å²) in [6.07, 6.45) is 3.10. The minimum Gasteiger partial charge on any atom is -0.481 e. The molecular formula is C15H21N3O3. The molecule has 3 atom stereocenters. The Morgan fingerprint density at radius 2 is 2.14 bits per heavy atom. The quantitative estimate of drug-likeness (QED) is 0.913. The molecular weight excluding hydrogens is 270 g/mol. The van der Waals surface area contributed by atoms with Gasteiger partial charge in [0.2, 0.25) is 0 Å². The molecule has 6 nitrogen and oxygen atoms in total. The number of rotatable bonds is 4. The lowest BCUT2D eigenvalue weighted by atomic mass is 9.89. The maximum atomic E-state index is 12.9. The van der Waals surface area contributed by atoms with Crippen molar-refractivity contribution in [3.63, 3.8) is 0 Å². The van der Waals surface area contributed by atoms with Crippen molar-refractivity contribution in [1.29, 1.82) is 0 Å². The van der Waals surface area contributed by atoms with Crippen LogP contribution in [0, 0.1) is 5.92 Å². The van der Waals surface area contributed by atoms with E-state index in [0.717, 1.165) is 25.0 Å². The molecule has 2 bridgehead atoms. The number of aromatic nitrogens is 2. The molecule has 1 amide bonds. The third-order valence-corrected chi connectivity index (χ3v) is 4.80. The number of carbonyl (C=O) groups is 2. The van der Waals surface area contributed by atoms with Crippen LogP contribution in [0.2, 0.25) is 0 Å². The van der Waals surface area contributed by atoms with Crippen molar-refractivity contribution < 1.29 is 14.7 Å². The monoisotopic (exact) mass is 291 g/mol. The minimum atomic E-state index is -0.779. The minimum absolute atomic E-state index is 0.0553. The Labute approximate surface area is 123 Å². The first-order valence-electron chi connectivity index (χ1n) is 7.69. The number of carbonyl (C=O) groups excluding carboxylic acids is 1. The Morgan fingerprint density at radius 1 is 1.38 bits per heavy atom. The largest absolute Gasteiger partial charge is 0.481 e. The van der Waals surface area contributed by atoms with Gasteiger partial charge in [0.25, 0.3) is 5.91 Å². The number of aliphatic carboxylic acids is 1. The van der Waals surface area contributed by atoms with E-state index in [2.05, 4.69) is 5.10 Å². The highest BCUT2D eigenvalue weighted by Crippen LogP contribution is 2.42. The molecule has 21 heavy (non-hydrogen) atoms. The van der Waals surface area contributed by atoms with Gasteiger partial charge in [-0.3, -0.25) is 14.3 Å². The third-order valence-electron chi connectivity index (χ3n) is 4.80. The number of hydrogen-bond donors (Lipinski definition) is 1. The summed E-state index contributed by atoms with van der Waals surface area (Å²) in [4.78, 5) is 26.0. The Kier molecular flexibility index (Phi) is 3.47. The molecule has 0 aliphatic carbocycles. The predicted molar refractivity (Wildman–Crippen MR) is 76.0 cm³/mol. The van der Waals surface area contributed by atoms with E-state index in [4.69, 9.17) is 0 Å². The molecule has 0 spiro atoms. The van der Waals surface area contributed by atoms with Gasteiger partial charge in [0.05, 0.1) is 11.6 Å². The number of nitrogens with zero attached hydrogens (tertiary/aromatic N) is 3. The fourth-order valence-electron chi connectivity index (χ4n) is 3.76. The zero-order chi connectivity index (χ0) is 15.1. The Bertz CT molecular complexity index is 581. The molecule has 1 aromatic heterocycles. The molecule has 6 heteroatoms. The normalized spacial score (nSPS) is 27.3. The SMILES string of the molecule is CCc1cc(C(=O)N2C3CCC2C(C(=O)O)C3)n(CC)n1. The van der Waals surface area contributed by atoms with Crippen molar-refractivity contribution >= 4 is 11.9 Å². The van der Waals surface area contributed by atoms with Crippen LogP contribution in [0.3, 0.4) is 0 Å². The number of fused-ring (bicyclic) bond motifs is 2. The first-order chi connectivity index (χ1) is 10.1. The highest BCUT2D eigenvalue weighted by atomic mass is 16.4. The van der Waals surface area contributed by atoms with Gasteiger partial charge in [0, 0.05) is 18.6 Å². The molecule has 2 aliphatic heterocycles. The molecule has 2 aliphatic rings. The lowest BCUT2D eigenvalue weighted by molar-refractivity contribution is -0.142. The molecule has 0 saturated carbocycles. The van der Waals surface area contributed by atoms with E-state index in [1.807, 2.05) is 19.9 Å². The first-order valence-corrected chi connectivity index (χ1v) is 7.69.